The van der Waals surface area contributed by atoms with E-state index < -0.39 is 6.10 Å². The maximum absolute atomic E-state index is 12.4. The first-order valence-electron chi connectivity index (χ1n) is 7.51. The number of hydrogen-bond acceptors (Lipinski definition) is 4. The molecule has 0 aliphatic carbocycles. The van der Waals surface area contributed by atoms with Crippen molar-refractivity contribution in [1.82, 2.24) is 9.80 Å². The van der Waals surface area contributed by atoms with Crippen molar-refractivity contribution in [2.45, 2.75) is 26.5 Å². The molecule has 1 fully saturated rings. The molecule has 2 amide bonds. The van der Waals surface area contributed by atoms with Gasteiger partial charge in [0.05, 0.1) is 0 Å². The van der Waals surface area contributed by atoms with E-state index in [0.717, 1.165) is 5.56 Å². The lowest BCUT2D eigenvalue weighted by Gasteiger charge is -2.35. The molecule has 1 aliphatic rings. The highest BCUT2D eigenvalue weighted by Gasteiger charge is 2.26. The minimum atomic E-state index is -0.558. The first-order chi connectivity index (χ1) is 10.5. The van der Waals surface area contributed by atoms with Gasteiger partial charge in [0, 0.05) is 39.6 Å². The van der Waals surface area contributed by atoms with Crippen LogP contribution in [0.2, 0.25) is 0 Å². The summed E-state index contributed by atoms with van der Waals surface area (Å²) in [5.74, 6) is 0.641. The molecule has 1 aromatic rings. The fourth-order valence-corrected chi connectivity index (χ4v) is 2.50. The predicted octanol–water partition coefficient (Wildman–Crippen LogP) is 0.603. The Hall–Kier alpha value is -2.08. The van der Waals surface area contributed by atoms with Crippen LogP contribution in [-0.4, -0.2) is 53.9 Å². The molecule has 1 aromatic carbocycles. The maximum atomic E-state index is 12.4. The fourth-order valence-electron chi connectivity index (χ4n) is 2.50. The van der Waals surface area contributed by atoms with Gasteiger partial charge in [-0.25, -0.2) is 0 Å². The van der Waals surface area contributed by atoms with E-state index in [1.54, 1.807) is 23.6 Å². The quantitative estimate of drug-likeness (QED) is 0.884. The molecule has 2 rings (SSSR count). The molecule has 0 bridgehead atoms. The number of amides is 2. The Labute approximate surface area is 130 Å². The summed E-state index contributed by atoms with van der Waals surface area (Å²) in [4.78, 5) is 27.2. The van der Waals surface area contributed by atoms with Gasteiger partial charge >= 0.3 is 0 Å². The Morgan fingerprint density at radius 3 is 2.45 bits per heavy atom. The van der Waals surface area contributed by atoms with Crippen LogP contribution < -0.4 is 10.5 Å². The van der Waals surface area contributed by atoms with Gasteiger partial charge in [-0.1, -0.05) is 12.1 Å². The van der Waals surface area contributed by atoms with Gasteiger partial charge in [0.2, 0.25) is 5.91 Å². The van der Waals surface area contributed by atoms with Crippen LogP contribution in [0.5, 0.6) is 5.75 Å². The highest BCUT2D eigenvalue weighted by atomic mass is 16.5. The average Bonchev–Trinajstić information content (AvgIpc) is 2.54. The summed E-state index contributed by atoms with van der Waals surface area (Å²) in [6, 6.07) is 7.44. The lowest BCUT2D eigenvalue weighted by Crippen LogP contribution is -2.52. The molecule has 0 aromatic heterocycles. The third kappa shape index (κ3) is 3.98. The van der Waals surface area contributed by atoms with E-state index in [1.807, 2.05) is 24.3 Å². The van der Waals surface area contributed by atoms with Gasteiger partial charge in [-0.15, -0.1) is 0 Å². The summed E-state index contributed by atoms with van der Waals surface area (Å²) in [6.07, 6.45) is -0.558. The Kier molecular flexibility index (Phi) is 5.38. The highest BCUT2D eigenvalue weighted by Crippen LogP contribution is 2.16. The molecular weight excluding hydrogens is 282 g/mol. The van der Waals surface area contributed by atoms with Crippen molar-refractivity contribution in [3.8, 4) is 5.75 Å². The molecule has 1 aliphatic heterocycles. The zero-order chi connectivity index (χ0) is 16.1. The molecule has 0 radical (unpaired) electrons. The summed E-state index contributed by atoms with van der Waals surface area (Å²) in [7, 11) is 0. The van der Waals surface area contributed by atoms with Crippen LogP contribution in [0.25, 0.3) is 0 Å². The van der Waals surface area contributed by atoms with Gasteiger partial charge in [-0.3, -0.25) is 9.59 Å². The number of rotatable bonds is 4. The minimum absolute atomic E-state index is 0.0509. The largest absolute Gasteiger partial charge is 0.481 e. The van der Waals surface area contributed by atoms with Crippen molar-refractivity contribution < 1.29 is 14.3 Å². The number of nitrogens with zero attached hydrogens (tertiary/aromatic N) is 2. The summed E-state index contributed by atoms with van der Waals surface area (Å²) < 4.78 is 5.72. The summed E-state index contributed by atoms with van der Waals surface area (Å²) in [6.45, 7) is 5.99. The molecule has 1 atom stereocenters. The van der Waals surface area contributed by atoms with Crippen LogP contribution in [0.1, 0.15) is 19.4 Å². The first-order valence-corrected chi connectivity index (χ1v) is 7.51. The number of carbonyl (C=O) groups excluding carboxylic acids is 2. The smallest absolute Gasteiger partial charge is 0.263 e. The predicted molar refractivity (Wildman–Crippen MR) is 83.3 cm³/mol. The zero-order valence-electron chi connectivity index (χ0n) is 13.1. The molecular formula is C16H23N3O3. The lowest BCUT2D eigenvalue weighted by molar-refractivity contribution is -0.143. The zero-order valence-corrected chi connectivity index (χ0v) is 13.1. The van der Waals surface area contributed by atoms with Gasteiger partial charge in [0.15, 0.2) is 6.10 Å². The second kappa shape index (κ2) is 7.26. The monoisotopic (exact) mass is 305 g/mol. The highest BCUT2D eigenvalue weighted by molar-refractivity contribution is 5.81. The molecule has 1 heterocycles. The molecule has 6 nitrogen and oxygen atoms in total. The standard InChI is InChI=1S/C16H23N3O3/c1-12(22-15-5-3-4-14(10-15)11-17)16(21)19-8-6-18(7-9-19)13(2)20/h3-5,10,12H,6-9,11,17H2,1-2H3. The second-order valence-electron chi connectivity index (χ2n) is 5.44. The van der Waals surface area contributed by atoms with Crippen LogP contribution >= 0.6 is 0 Å². The van der Waals surface area contributed by atoms with Crippen molar-refractivity contribution in [3.05, 3.63) is 29.8 Å². The summed E-state index contributed by atoms with van der Waals surface area (Å²) in [5.41, 5.74) is 6.57. The van der Waals surface area contributed by atoms with E-state index in [0.29, 0.717) is 38.5 Å². The lowest BCUT2D eigenvalue weighted by atomic mass is 10.2. The Bertz CT molecular complexity index is 539. The normalized spacial score (nSPS) is 16.3. The maximum Gasteiger partial charge on any atom is 0.263 e. The number of carbonyl (C=O) groups is 2. The van der Waals surface area contributed by atoms with E-state index in [2.05, 4.69) is 0 Å². The van der Waals surface area contributed by atoms with Crippen molar-refractivity contribution in [1.29, 1.82) is 0 Å². The molecule has 2 N–H and O–H groups in total. The Balaban J connectivity index is 1.91. The third-order valence-corrected chi connectivity index (χ3v) is 3.83. The number of hydrogen-bond donors (Lipinski definition) is 1. The molecule has 0 spiro atoms. The molecule has 0 saturated carbocycles. The van der Waals surface area contributed by atoms with Crippen LogP contribution in [-0.2, 0) is 16.1 Å². The van der Waals surface area contributed by atoms with Crippen LogP contribution in [0.15, 0.2) is 24.3 Å². The Morgan fingerprint density at radius 1 is 1.23 bits per heavy atom. The molecule has 120 valence electrons. The minimum Gasteiger partial charge on any atom is -0.481 e. The van der Waals surface area contributed by atoms with Crippen molar-refractivity contribution in [3.63, 3.8) is 0 Å². The fraction of sp³-hybridized carbons (Fsp3) is 0.500. The van der Waals surface area contributed by atoms with Gasteiger partial charge in [0.25, 0.3) is 5.91 Å². The van der Waals surface area contributed by atoms with Gasteiger partial charge < -0.3 is 20.3 Å². The summed E-state index contributed by atoms with van der Waals surface area (Å²) >= 11 is 0. The van der Waals surface area contributed by atoms with Crippen LogP contribution in [0, 0.1) is 0 Å². The third-order valence-electron chi connectivity index (χ3n) is 3.83. The van der Waals surface area contributed by atoms with E-state index >= 15 is 0 Å². The number of benzene rings is 1. The van der Waals surface area contributed by atoms with Gasteiger partial charge in [-0.2, -0.15) is 0 Å². The van der Waals surface area contributed by atoms with E-state index in [-0.39, 0.29) is 11.8 Å². The number of ether oxygens (including phenoxy) is 1. The van der Waals surface area contributed by atoms with Gasteiger partial charge in [-0.05, 0) is 24.6 Å². The van der Waals surface area contributed by atoms with E-state index in [4.69, 9.17) is 10.5 Å². The SMILES string of the molecule is CC(=O)N1CCN(C(=O)C(C)Oc2cccc(CN)c2)CC1. The van der Waals surface area contributed by atoms with Gasteiger partial charge in [0.1, 0.15) is 5.75 Å². The second-order valence-corrected chi connectivity index (χ2v) is 5.44. The van der Waals surface area contributed by atoms with Crippen LogP contribution in [0.3, 0.4) is 0 Å². The first kappa shape index (κ1) is 16.3. The number of nitrogens with two attached hydrogens (primary N) is 1. The van der Waals surface area contributed by atoms with E-state index in [9.17, 15) is 9.59 Å². The summed E-state index contributed by atoms with van der Waals surface area (Å²) in [5, 5.41) is 0. The molecule has 22 heavy (non-hydrogen) atoms. The van der Waals surface area contributed by atoms with Crippen molar-refractivity contribution in [2.24, 2.45) is 5.73 Å². The Morgan fingerprint density at radius 2 is 1.86 bits per heavy atom. The molecule has 1 saturated heterocycles. The van der Waals surface area contributed by atoms with Crippen LogP contribution in [0.4, 0.5) is 0 Å². The van der Waals surface area contributed by atoms with E-state index in [1.165, 1.54) is 0 Å². The van der Waals surface area contributed by atoms with Crippen molar-refractivity contribution in [2.75, 3.05) is 26.2 Å². The number of piperazine rings is 1. The molecule has 6 heteroatoms. The van der Waals surface area contributed by atoms with Crippen molar-refractivity contribution >= 4 is 11.8 Å². The molecule has 1 unspecified atom stereocenters. The topological polar surface area (TPSA) is 75.9 Å². The average molecular weight is 305 g/mol.